The average molecular weight is 500 g/mol. The normalized spacial score (nSPS) is 14.3. The molecule has 0 radical (unpaired) electrons. The standard InChI is InChI=1S/C26H32BN3.C5H12.C2H6/c1-5-27-17-24-20(8-6-9-21(24)18(2)3)16-26(27)29-19(4)22-10-7-11-25-23(22)12-14-30(25)15-13-28;1-4-5(2)3;1-2/h6-12,14,26,29H,2,4-5,13,15-17,28H2,1,3H3;5H,4H2,1-3H3;1-2H3. The van der Waals surface area contributed by atoms with Crippen LogP contribution >= 0.6 is 0 Å². The van der Waals surface area contributed by atoms with Crippen LogP contribution in [0.15, 0.2) is 61.8 Å². The first-order valence-electron chi connectivity index (χ1n) is 14.3. The van der Waals surface area contributed by atoms with Crippen LogP contribution in [0.2, 0.25) is 6.32 Å². The lowest BCUT2D eigenvalue weighted by molar-refractivity contribution is 0.626. The molecule has 4 rings (SSSR count). The highest BCUT2D eigenvalue weighted by molar-refractivity contribution is 6.60. The van der Waals surface area contributed by atoms with Crippen LogP contribution in [0, 0.1) is 5.92 Å². The van der Waals surface area contributed by atoms with Crippen LogP contribution in [0.1, 0.15) is 77.1 Å². The highest BCUT2D eigenvalue weighted by Gasteiger charge is 2.32. The van der Waals surface area contributed by atoms with Gasteiger partial charge < -0.3 is 15.6 Å². The van der Waals surface area contributed by atoms with Crippen molar-refractivity contribution in [3.8, 4) is 0 Å². The minimum atomic E-state index is 0.386. The molecule has 0 amide bonds. The Morgan fingerprint density at radius 3 is 2.32 bits per heavy atom. The summed E-state index contributed by atoms with van der Waals surface area (Å²) >= 11 is 0. The molecule has 0 aliphatic carbocycles. The summed E-state index contributed by atoms with van der Waals surface area (Å²) in [5.74, 6) is 1.27. The van der Waals surface area contributed by atoms with Crippen LogP contribution in [-0.2, 0) is 19.3 Å². The van der Waals surface area contributed by atoms with Gasteiger partial charge in [0.15, 0.2) is 6.71 Å². The smallest absolute Gasteiger partial charge is 0.171 e. The van der Waals surface area contributed by atoms with Gasteiger partial charge in [-0.05, 0) is 54.4 Å². The van der Waals surface area contributed by atoms with E-state index in [-0.39, 0.29) is 0 Å². The Morgan fingerprint density at radius 1 is 1.08 bits per heavy atom. The third-order valence-electron chi connectivity index (χ3n) is 7.42. The lowest BCUT2D eigenvalue weighted by Gasteiger charge is -2.34. The second-order valence-electron chi connectivity index (χ2n) is 10.4. The van der Waals surface area contributed by atoms with E-state index >= 15 is 0 Å². The summed E-state index contributed by atoms with van der Waals surface area (Å²) in [6.45, 7) is 25.7. The van der Waals surface area contributed by atoms with Gasteiger partial charge in [-0.3, -0.25) is 0 Å². The summed E-state index contributed by atoms with van der Waals surface area (Å²) < 4.78 is 2.22. The molecule has 200 valence electrons. The second kappa shape index (κ2) is 14.9. The molecule has 2 aromatic carbocycles. The van der Waals surface area contributed by atoms with Gasteiger partial charge in [0, 0.05) is 47.4 Å². The van der Waals surface area contributed by atoms with Gasteiger partial charge in [-0.25, -0.2) is 0 Å². The first-order chi connectivity index (χ1) is 17.8. The van der Waals surface area contributed by atoms with Crippen LogP contribution in [0.3, 0.4) is 0 Å². The van der Waals surface area contributed by atoms with Gasteiger partial charge in [0.05, 0.1) is 0 Å². The molecule has 3 aromatic rings. The number of hydrogen-bond donors (Lipinski definition) is 2. The molecule has 1 aromatic heterocycles. The monoisotopic (exact) mass is 499 g/mol. The molecule has 0 spiro atoms. The molecule has 0 bridgehead atoms. The van der Waals surface area contributed by atoms with E-state index in [1.165, 1.54) is 39.6 Å². The molecule has 1 aliphatic heterocycles. The molecule has 0 saturated carbocycles. The van der Waals surface area contributed by atoms with Crippen molar-refractivity contribution >= 4 is 28.9 Å². The molecule has 0 fully saturated rings. The molecule has 1 unspecified atom stereocenters. The summed E-state index contributed by atoms with van der Waals surface area (Å²) in [4.78, 5) is 0. The molecule has 3 N–H and O–H groups in total. The fourth-order valence-corrected chi connectivity index (χ4v) is 4.99. The Morgan fingerprint density at radius 2 is 1.73 bits per heavy atom. The maximum absolute atomic E-state index is 5.77. The number of nitrogens with one attached hydrogen (secondary N) is 1. The van der Waals surface area contributed by atoms with Crippen molar-refractivity contribution in [2.75, 3.05) is 6.54 Å². The number of fused-ring (bicyclic) bond motifs is 2. The summed E-state index contributed by atoms with van der Waals surface area (Å²) in [6.07, 6.45) is 6.69. The van der Waals surface area contributed by atoms with Crippen LogP contribution < -0.4 is 11.1 Å². The minimum Gasteiger partial charge on any atom is -0.389 e. The SMILES string of the molecule is C=C(C)c1cccc2c1CB(CC)C(NC(=C)c1cccc3c1ccn3CCN)C2.CC.CCC(C)C. The molecule has 1 atom stereocenters. The van der Waals surface area contributed by atoms with Crippen LogP contribution in [-0.4, -0.2) is 23.8 Å². The number of benzene rings is 2. The molecule has 2 heterocycles. The fraction of sp³-hybridized carbons (Fsp3) is 0.455. The van der Waals surface area contributed by atoms with Crippen LogP contribution in [0.5, 0.6) is 0 Å². The second-order valence-corrected chi connectivity index (χ2v) is 10.4. The topological polar surface area (TPSA) is 43.0 Å². The highest BCUT2D eigenvalue weighted by Crippen LogP contribution is 2.31. The number of aromatic nitrogens is 1. The van der Waals surface area contributed by atoms with Crippen molar-refractivity contribution in [3.05, 3.63) is 84.1 Å². The van der Waals surface area contributed by atoms with Gasteiger partial charge in [-0.15, -0.1) is 0 Å². The third-order valence-corrected chi connectivity index (χ3v) is 7.42. The predicted octanol–water partition coefficient (Wildman–Crippen LogP) is 8.03. The summed E-state index contributed by atoms with van der Waals surface area (Å²) in [5.41, 5.74) is 14.6. The number of nitrogens with zero attached hydrogens (tertiary/aromatic N) is 1. The minimum absolute atomic E-state index is 0.386. The molecular weight excluding hydrogens is 449 g/mol. The van der Waals surface area contributed by atoms with Crippen LogP contribution in [0.4, 0.5) is 0 Å². The van der Waals surface area contributed by atoms with E-state index in [1.807, 2.05) is 13.8 Å². The Kier molecular flexibility index (Phi) is 12.3. The predicted molar refractivity (Wildman–Crippen MR) is 168 cm³/mol. The van der Waals surface area contributed by atoms with Crippen molar-refractivity contribution in [1.29, 1.82) is 0 Å². The van der Waals surface area contributed by atoms with Crippen molar-refractivity contribution in [3.63, 3.8) is 0 Å². The van der Waals surface area contributed by atoms with E-state index in [9.17, 15) is 0 Å². The van der Waals surface area contributed by atoms with Crippen molar-refractivity contribution in [1.82, 2.24) is 9.88 Å². The lowest BCUT2D eigenvalue weighted by atomic mass is 9.36. The largest absolute Gasteiger partial charge is 0.389 e. The first-order valence-corrected chi connectivity index (χ1v) is 14.3. The van der Waals surface area contributed by atoms with Crippen LogP contribution in [0.25, 0.3) is 22.2 Å². The van der Waals surface area contributed by atoms with Gasteiger partial charge in [0.25, 0.3) is 0 Å². The molecule has 0 saturated heterocycles. The van der Waals surface area contributed by atoms with E-state index < -0.39 is 0 Å². The fourth-order valence-electron chi connectivity index (χ4n) is 4.99. The summed E-state index contributed by atoms with van der Waals surface area (Å²) in [5, 5.41) is 5.04. The maximum Gasteiger partial charge on any atom is 0.171 e. The first kappa shape index (κ1) is 30.5. The van der Waals surface area contributed by atoms with Gasteiger partial charge >= 0.3 is 0 Å². The number of rotatable bonds is 8. The molecular formula is C33H50BN3. The maximum atomic E-state index is 5.77. The van der Waals surface area contributed by atoms with Gasteiger partial charge in [-0.1, -0.05) is 103 Å². The van der Waals surface area contributed by atoms with E-state index in [0.717, 1.165) is 42.8 Å². The number of nitrogens with two attached hydrogens (primary N) is 1. The van der Waals surface area contributed by atoms with E-state index in [0.29, 0.717) is 19.2 Å². The Bertz CT molecular complexity index is 1160. The summed E-state index contributed by atoms with van der Waals surface area (Å²) in [7, 11) is 0. The van der Waals surface area contributed by atoms with Gasteiger partial charge in [0.1, 0.15) is 0 Å². The zero-order valence-corrected chi connectivity index (χ0v) is 24.5. The number of allylic oxidation sites excluding steroid dienone is 1. The molecule has 1 aliphatic rings. The summed E-state index contributed by atoms with van der Waals surface area (Å²) in [6, 6.07) is 15.3. The van der Waals surface area contributed by atoms with E-state index in [4.69, 9.17) is 5.73 Å². The van der Waals surface area contributed by atoms with E-state index in [1.54, 1.807) is 0 Å². The average Bonchev–Trinajstić information content (AvgIpc) is 3.32. The Labute approximate surface area is 227 Å². The highest BCUT2D eigenvalue weighted by atomic mass is 15.0. The zero-order valence-electron chi connectivity index (χ0n) is 24.5. The van der Waals surface area contributed by atoms with E-state index in [2.05, 4.69) is 106 Å². The van der Waals surface area contributed by atoms with Gasteiger partial charge in [0.2, 0.25) is 0 Å². The van der Waals surface area contributed by atoms with Crippen molar-refractivity contribution < 1.29 is 0 Å². The molecule has 3 nitrogen and oxygen atoms in total. The third kappa shape index (κ3) is 7.64. The van der Waals surface area contributed by atoms with Gasteiger partial charge in [-0.2, -0.15) is 0 Å². The Balaban J connectivity index is 0.000000617. The quantitative estimate of drug-likeness (QED) is 0.308. The molecule has 4 heteroatoms. The molecule has 37 heavy (non-hydrogen) atoms. The zero-order chi connectivity index (χ0) is 27.5. The van der Waals surface area contributed by atoms with Crippen molar-refractivity contribution in [2.24, 2.45) is 11.7 Å². The number of hydrogen-bond acceptors (Lipinski definition) is 2. The lowest BCUT2D eigenvalue weighted by Crippen LogP contribution is -2.48. The van der Waals surface area contributed by atoms with Crippen molar-refractivity contribution in [2.45, 2.75) is 86.4 Å². The Hall–Kier alpha value is -2.72.